The number of hydrogen-bond acceptors (Lipinski definition) is 5. The number of hydrogen-bond donors (Lipinski definition) is 0. The van der Waals surface area contributed by atoms with E-state index in [9.17, 15) is 13.2 Å². The second-order valence-corrected chi connectivity index (χ2v) is 8.54. The molecule has 1 heterocycles. The van der Waals surface area contributed by atoms with Crippen LogP contribution >= 0.6 is 27.3 Å². The van der Waals surface area contributed by atoms with Crippen LogP contribution in [0.3, 0.4) is 0 Å². The first-order valence-corrected chi connectivity index (χ1v) is 9.08. The molecule has 0 radical (unpaired) electrons. The van der Waals surface area contributed by atoms with E-state index in [1.165, 1.54) is 23.5 Å². The van der Waals surface area contributed by atoms with E-state index in [1.807, 2.05) is 0 Å². The Morgan fingerprint density at radius 1 is 1.30 bits per heavy atom. The van der Waals surface area contributed by atoms with E-state index in [0.717, 1.165) is 10.0 Å². The Morgan fingerprint density at radius 3 is 2.65 bits per heavy atom. The summed E-state index contributed by atoms with van der Waals surface area (Å²) in [6.45, 7) is -0.125. The zero-order valence-electron chi connectivity index (χ0n) is 10.5. The average molecular weight is 375 g/mol. The standard InChI is InChI=1S/C13H11BrO4S2/c1-20(16,17)10-4-2-3-9(7-10)18-8-11(15)12-5-6-13(14)19-12/h2-7H,8H2,1H3. The van der Waals surface area contributed by atoms with Gasteiger partial charge in [0.15, 0.2) is 16.4 Å². The van der Waals surface area contributed by atoms with Crippen molar-refractivity contribution in [3.05, 3.63) is 45.1 Å². The molecule has 0 spiro atoms. The highest BCUT2D eigenvalue weighted by Gasteiger charge is 2.11. The first kappa shape index (κ1) is 15.2. The molecule has 2 aromatic rings. The van der Waals surface area contributed by atoms with Crippen molar-refractivity contribution in [3.8, 4) is 5.75 Å². The number of carbonyl (C=O) groups excluding carboxylic acids is 1. The van der Waals surface area contributed by atoms with E-state index in [2.05, 4.69) is 15.9 Å². The van der Waals surface area contributed by atoms with Crippen LogP contribution < -0.4 is 4.74 Å². The molecule has 0 amide bonds. The summed E-state index contributed by atoms with van der Waals surface area (Å²) in [7, 11) is -3.28. The smallest absolute Gasteiger partial charge is 0.210 e. The van der Waals surface area contributed by atoms with Crippen LogP contribution in [0, 0.1) is 0 Å². The van der Waals surface area contributed by atoms with Gasteiger partial charge < -0.3 is 4.74 Å². The molecule has 20 heavy (non-hydrogen) atoms. The number of Topliss-reactive ketones (excluding diaryl/α,β-unsaturated/α-hetero) is 1. The fourth-order valence-electron chi connectivity index (χ4n) is 1.48. The minimum atomic E-state index is -3.28. The molecule has 0 bridgehead atoms. The van der Waals surface area contributed by atoms with Gasteiger partial charge in [-0.3, -0.25) is 4.79 Å². The van der Waals surface area contributed by atoms with Gasteiger partial charge in [-0.25, -0.2) is 8.42 Å². The first-order valence-electron chi connectivity index (χ1n) is 5.58. The van der Waals surface area contributed by atoms with Gasteiger partial charge in [0.2, 0.25) is 5.78 Å². The summed E-state index contributed by atoms with van der Waals surface area (Å²) < 4.78 is 29.1. The van der Waals surface area contributed by atoms with Gasteiger partial charge in [0.25, 0.3) is 0 Å². The minimum absolute atomic E-state index is 0.125. The normalized spacial score (nSPS) is 11.3. The zero-order chi connectivity index (χ0) is 14.8. The van der Waals surface area contributed by atoms with E-state index in [-0.39, 0.29) is 17.3 Å². The third-order valence-electron chi connectivity index (χ3n) is 2.45. The second-order valence-electron chi connectivity index (χ2n) is 4.06. The van der Waals surface area contributed by atoms with Crippen LogP contribution in [-0.2, 0) is 9.84 Å². The van der Waals surface area contributed by atoms with Gasteiger partial charge in [-0.05, 0) is 46.3 Å². The van der Waals surface area contributed by atoms with Gasteiger partial charge >= 0.3 is 0 Å². The molecule has 2 rings (SSSR count). The van der Waals surface area contributed by atoms with Gasteiger partial charge in [-0.1, -0.05) is 6.07 Å². The molecule has 0 N–H and O–H groups in total. The van der Waals surface area contributed by atoms with E-state index < -0.39 is 9.84 Å². The lowest BCUT2D eigenvalue weighted by Gasteiger charge is -2.06. The van der Waals surface area contributed by atoms with Crippen molar-refractivity contribution < 1.29 is 17.9 Å². The molecule has 0 fully saturated rings. The molecule has 0 aliphatic carbocycles. The van der Waals surface area contributed by atoms with Gasteiger partial charge in [0.1, 0.15) is 5.75 Å². The highest BCUT2D eigenvalue weighted by molar-refractivity contribution is 9.11. The predicted molar refractivity (Wildman–Crippen MR) is 81.4 cm³/mol. The fraction of sp³-hybridized carbons (Fsp3) is 0.154. The van der Waals surface area contributed by atoms with Crippen molar-refractivity contribution in [1.29, 1.82) is 0 Å². The van der Waals surface area contributed by atoms with Gasteiger partial charge in [0, 0.05) is 6.26 Å². The average Bonchev–Trinajstić information content (AvgIpc) is 2.82. The Labute approximate surface area is 129 Å². The molecular formula is C13H11BrO4S2. The highest BCUT2D eigenvalue weighted by Crippen LogP contribution is 2.23. The van der Waals surface area contributed by atoms with Crippen LogP contribution in [0.15, 0.2) is 45.1 Å². The number of sulfone groups is 1. The summed E-state index contributed by atoms with van der Waals surface area (Å²) in [6.07, 6.45) is 1.13. The van der Waals surface area contributed by atoms with Gasteiger partial charge in [-0.15, -0.1) is 11.3 Å². The van der Waals surface area contributed by atoms with E-state index >= 15 is 0 Å². The Balaban J connectivity index is 2.06. The van der Waals surface area contributed by atoms with E-state index in [0.29, 0.717) is 10.6 Å². The Morgan fingerprint density at radius 2 is 2.05 bits per heavy atom. The molecule has 1 aromatic carbocycles. The van der Waals surface area contributed by atoms with Crippen molar-refractivity contribution >= 4 is 42.9 Å². The van der Waals surface area contributed by atoms with Crippen molar-refractivity contribution in [2.45, 2.75) is 4.90 Å². The number of benzene rings is 1. The molecule has 0 atom stereocenters. The van der Waals surface area contributed by atoms with Crippen LogP contribution in [0.25, 0.3) is 0 Å². The quantitative estimate of drug-likeness (QED) is 0.754. The molecule has 106 valence electrons. The maximum Gasteiger partial charge on any atom is 0.210 e. The summed E-state index contributed by atoms with van der Waals surface area (Å²) in [5.74, 6) is 0.211. The number of rotatable bonds is 5. The molecule has 4 nitrogen and oxygen atoms in total. The highest BCUT2D eigenvalue weighted by atomic mass is 79.9. The molecule has 0 unspecified atom stereocenters. The van der Waals surface area contributed by atoms with Crippen LogP contribution in [0.5, 0.6) is 5.75 Å². The largest absolute Gasteiger partial charge is 0.485 e. The van der Waals surface area contributed by atoms with Crippen molar-refractivity contribution in [2.24, 2.45) is 0 Å². The van der Waals surface area contributed by atoms with Gasteiger partial charge in [-0.2, -0.15) is 0 Å². The van der Waals surface area contributed by atoms with Gasteiger partial charge in [0.05, 0.1) is 13.6 Å². The summed E-state index contributed by atoms with van der Waals surface area (Å²) in [5.41, 5.74) is 0. The number of ketones is 1. The molecular weight excluding hydrogens is 364 g/mol. The summed E-state index contributed by atoms with van der Waals surface area (Å²) >= 11 is 4.62. The maximum atomic E-state index is 11.9. The zero-order valence-corrected chi connectivity index (χ0v) is 13.7. The van der Waals surface area contributed by atoms with Crippen molar-refractivity contribution in [1.82, 2.24) is 0 Å². The lowest BCUT2D eigenvalue weighted by molar-refractivity contribution is 0.0925. The molecule has 0 aliphatic heterocycles. The monoisotopic (exact) mass is 374 g/mol. The Kier molecular flexibility index (Phi) is 4.62. The number of halogens is 1. The van der Waals surface area contributed by atoms with E-state index in [1.54, 1.807) is 24.3 Å². The maximum absolute atomic E-state index is 11.9. The Hall–Kier alpha value is -1.18. The molecule has 0 saturated heterocycles. The number of ether oxygens (including phenoxy) is 1. The third kappa shape index (κ3) is 3.91. The topological polar surface area (TPSA) is 60.4 Å². The van der Waals surface area contributed by atoms with E-state index in [4.69, 9.17) is 4.74 Å². The van der Waals surface area contributed by atoms with Crippen molar-refractivity contribution in [2.75, 3.05) is 12.9 Å². The lowest BCUT2D eigenvalue weighted by Crippen LogP contribution is -2.10. The van der Waals surface area contributed by atoms with Crippen LogP contribution in [0.4, 0.5) is 0 Å². The molecule has 7 heteroatoms. The number of thiophene rings is 1. The predicted octanol–water partition coefficient (Wildman–Crippen LogP) is 3.18. The first-order chi connectivity index (χ1) is 9.36. The second kappa shape index (κ2) is 6.07. The summed E-state index contributed by atoms with van der Waals surface area (Å²) in [5, 5.41) is 0. The lowest BCUT2D eigenvalue weighted by atomic mass is 10.3. The summed E-state index contributed by atoms with van der Waals surface area (Å²) in [4.78, 5) is 12.6. The minimum Gasteiger partial charge on any atom is -0.485 e. The van der Waals surface area contributed by atoms with Crippen LogP contribution in [-0.4, -0.2) is 27.1 Å². The van der Waals surface area contributed by atoms with Crippen LogP contribution in [0.1, 0.15) is 9.67 Å². The third-order valence-corrected chi connectivity index (χ3v) is 5.23. The molecule has 1 aromatic heterocycles. The summed E-state index contributed by atoms with van der Waals surface area (Å²) in [6, 6.07) is 9.60. The fourth-order valence-corrected chi connectivity index (χ4v) is 3.45. The van der Waals surface area contributed by atoms with Crippen LogP contribution in [0.2, 0.25) is 0 Å². The van der Waals surface area contributed by atoms with Crippen molar-refractivity contribution in [3.63, 3.8) is 0 Å². The SMILES string of the molecule is CS(=O)(=O)c1cccc(OCC(=O)c2ccc(Br)s2)c1. The molecule has 0 aliphatic rings. The molecule has 0 saturated carbocycles. The number of carbonyl (C=O) groups is 1. The Bertz CT molecular complexity index is 734.